The number of anilines is 1. The van der Waals surface area contributed by atoms with Crippen LogP contribution in [0, 0.1) is 18.6 Å². The number of carbonyl (C=O) groups excluding carboxylic acids is 1. The molecule has 6 nitrogen and oxygen atoms in total. The van der Waals surface area contributed by atoms with Gasteiger partial charge < -0.3 is 9.84 Å². The monoisotopic (exact) mass is 458 g/mol. The molecule has 2 heterocycles. The van der Waals surface area contributed by atoms with Gasteiger partial charge in [0.1, 0.15) is 11.6 Å². The van der Waals surface area contributed by atoms with Crippen molar-refractivity contribution in [3.05, 3.63) is 107 Å². The van der Waals surface area contributed by atoms with E-state index in [1.54, 1.807) is 32.0 Å². The molecule has 0 spiro atoms. The number of allylic oxidation sites excluding steroid dienone is 1. The number of nitrogens with one attached hydrogen (secondary N) is 1. The van der Waals surface area contributed by atoms with Gasteiger partial charge in [0.15, 0.2) is 0 Å². The highest BCUT2D eigenvalue weighted by Gasteiger charge is 2.36. The summed E-state index contributed by atoms with van der Waals surface area (Å²) >= 11 is 0. The van der Waals surface area contributed by atoms with Crippen LogP contribution < -0.4 is 10.2 Å². The molecule has 0 saturated carbocycles. The van der Waals surface area contributed by atoms with Crippen molar-refractivity contribution in [2.75, 3.05) is 4.90 Å². The number of hydrogen-bond acceptors (Lipinski definition) is 4. The molecule has 1 N–H and O–H groups in total. The Hall–Kier alpha value is -4.33. The fourth-order valence-corrected chi connectivity index (χ4v) is 4.07. The summed E-state index contributed by atoms with van der Waals surface area (Å²) in [4.78, 5) is 19.2. The highest BCUT2D eigenvalue weighted by atomic mass is 19.1. The predicted molar refractivity (Wildman–Crippen MR) is 124 cm³/mol. The normalized spacial score (nSPS) is 16.1. The van der Waals surface area contributed by atoms with Gasteiger partial charge in [-0.1, -0.05) is 47.6 Å². The molecule has 0 bridgehead atoms. The molecule has 1 aromatic heterocycles. The zero-order valence-electron chi connectivity index (χ0n) is 18.4. The van der Waals surface area contributed by atoms with Crippen molar-refractivity contribution in [1.82, 2.24) is 15.5 Å². The maximum absolute atomic E-state index is 13.9. The second kappa shape index (κ2) is 8.55. The molecule has 1 aliphatic heterocycles. The molecule has 0 fully saturated rings. The third-order valence-corrected chi connectivity index (χ3v) is 5.76. The lowest BCUT2D eigenvalue weighted by Gasteiger charge is -2.35. The minimum atomic E-state index is -0.563. The van der Waals surface area contributed by atoms with Crippen LogP contribution in [0.3, 0.4) is 0 Å². The first-order chi connectivity index (χ1) is 16.4. The first-order valence-electron chi connectivity index (χ1n) is 10.6. The zero-order valence-corrected chi connectivity index (χ0v) is 18.4. The second-order valence-corrected chi connectivity index (χ2v) is 7.99. The molecule has 170 valence electrons. The van der Waals surface area contributed by atoms with Gasteiger partial charge in [0.05, 0.1) is 17.3 Å². The zero-order chi connectivity index (χ0) is 23.8. The van der Waals surface area contributed by atoms with Gasteiger partial charge in [-0.15, -0.1) is 0 Å². The lowest BCUT2D eigenvalue weighted by Crippen LogP contribution is -2.46. The molecule has 2 amide bonds. The minimum Gasteiger partial charge on any atom is -0.334 e. The molecule has 4 aromatic rings. The Morgan fingerprint density at radius 2 is 1.76 bits per heavy atom. The second-order valence-electron chi connectivity index (χ2n) is 7.99. The lowest BCUT2D eigenvalue weighted by molar-refractivity contribution is 0.244. The van der Waals surface area contributed by atoms with Crippen LogP contribution in [-0.2, 0) is 0 Å². The highest BCUT2D eigenvalue weighted by Crippen LogP contribution is 2.39. The van der Waals surface area contributed by atoms with E-state index >= 15 is 0 Å². The van der Waals surface area contributed by atoms with Crippen molar-refractivity contribution >= 4 is 17.3 Å². The maximum atomic E-state index is 13.9. The number of carbonyl (C=O) groups is 1. The first kappa shape index (κ1) is 21.5. The summed E-state index contributed by atoms with van der Waals surface area (Å²) in [5.41, 5.74) is 3.35. The lowest BCUT2D eigenvalue weighted by atomic mass is 9.94. The molecular weight excluding hydrogens is 438 g/mol. The van der Waals surface area contributed by atoms with E-state index < -0.39 is 11.9 Å². The van der Waals surface area contributed by atoms with E-state index in [4.69, 9.17) is 4.52 Å². The SMILES string of the molecule is CC1=C(c2nc(-c3cccc(F)c3)no2)C(c2ccccc2)NC(=O)N1c1ccc(F)c(C)c1. The number of hydrogen-bond donors (Lipinski definition) is 1. The molecular formula is C26H20F2N4O2. The standard InChI is InChI=1S/C26H20F2N4O2/c1-15-13-20(11-12-21(15)28)32-16(2)22(23(29-26(32)33)17-7-4-3-5-8-17)25-30-24(31-34-25)18-9-6-10-19(27)14-18/h3-14,23H,1-2H3,(H,29,33). The van der Waals surface area contributed by atoms with E-state index in [-0.39, 0.29) is 23.6 Å². The van der Waals surface area contributed by atoms with Gasteiger partial charge in [0.25, 0.3) is 5.89 Å². The van der Waals surface area contributed by atoms with Gasteiger partial charge >= 0.3 is 6.03 Å². The van der Waals surface area contributed by atoms with E-state index in [9.17, 15) is 13.6 Å². The third kappa shape index (κ3) is 3.83. The average Bonchev–Trinajstić information content (AvgIpc) is 3.31. The first-order valence-corrected chi connectivity index (χ1v) is 10.6. The van der Waals surface area contributed by atoms with Crippen molar-refractivity contribution in [2.24, 2.45) is 0 Å². The highest BCUT2D eigenvalue weighted by molar-refractivity contribution is 6.01. The van der Waals surface area contributed by atoms with Crippen LogP contribution in [0.1, 0.15) is 30.0 Å². The van der Waals surface area contributed by atoms with Gasteiger partial charge in [-0.2, -0.15) is 4.98 Å². The van der Waals surface area contributed by atoms with Crippen LogP contribution in [0.2, 0.25) is 0 Å². The average molecular weight is 458 g/mol. The van der Waals surface area contributed by atoms with Gasteiger partial charge in [0, 0.05) is 11.3 Å². The Balaban J connectivity index is 1.66. The third-order valence-electron chi connectivity index (χ3n) is 5.76. The van der Waals surface area contributed by atoms with Crippen LogP contribution in [-0.4, -0.2) is 16.2 Å². The van der Waals surface area contributed by atoms with E-state index in [0.29, 0.717) is 28.1 Å². The summed E-state index contributed by atoms with van der Waals surface area (Å²) < 4.78 is 33.2. The van der Waals surface area contributed by atoms with Crippen LogP contribution in [0.4, 0.5) is 19.3 Å². The van der Waals surface area contributed by atoms with Crippen LogP contribution in [0.15, 0.2) is 83.0 Å². The van der Waals surface area contributed by atoms with E-state index in [1.807, 2.05) is 30.3 Å². The van der Waals surface area contributed by atoms with Crippen LogP contribution in [0.25, 0.3) is 17.0 Å². The summed E-state index contributed by atoms with van der Waals surface area (Å²) in [6, 6.07) is 18.8. The number of benzene rings is 3. The Bertz CT molecular complexity index is 1420. The molecule has 34 heavy (non-hydrogen) atoms. The van der Waals surface area contributed by atoms with Gasteiger partial charge in [-0.05, 0) is 55.3 Å². The molecule has 0 aliphatic carbocycles. The van der Waals surface area contributed by atoms with Crippen molar-refractivity contribution in [1.29, 1.82) is 0 Å². The van der Waals surface area contributed by atoms with Gasteiger partial charge in [-0.3, -0.25) is 4.90 Å². The minimum absolute atomic E-state index is 0.189. The van der Waals surface area contributed by atoms with E-state index in [0.717, 1.165) is 5.56 Å². The molecule has 1 aliphatic rings. The summed E-state index contributed by atoms with van der Waals surface area (Å²) in [6.07, 6.45) is 0. The predicted octanol–water partition coefficient (Wildman–Crippen LogP) is 6.03. The largest absolute Gasteiger partial charge is 0.334 e. The number of nitrogens with zero attached hydrogens (tertiary/aromatic N) is 3. The van der Waals surface area contributed by atoms with Crippen LogP contribution >= 0.6 is 0 Å². The summed E-state index contributed by atoms with van der Waals surface area (Å²) in [6.45, 7) is 3.41. The number of aryl methyl sites for hydroxylation is 1. The number of aromatic nitrogens is 2. The number of rotatable bonds is 4. The smallest absolute Gasteiger partial charge is 0.326 e. The Labute approximate surface area is 194 Å². The topological polar surface area (TPSA) is 71.3 Å². The van der Waals surface area contributed by atoms with Crippen molar-refractivity contribution in [3.8, 4) is 11.4 Å². The number of amides is 2. The molecule has 5 rings (SSSR count). The van der Waals surface area contributed by atoms with Gasteiger partial charge in [-0.25, -0.2) is 13.6 Å². The summed E-state index contributed by atoms with van der Waals surface area (Å²) in [5, 5.41) is 7.04. The Morgan fingerprint density at radius 1 is 0.971 bits per heavy atom. The van der Waals surface area contributed by atoms with E-state index in [2.05, 4.69) is 15.5 Å². The number of urea groups is 1. The quantitative estimate of drug-likeness (QED) is 0.406. The Morgan fingerprint density at radius 3 is 2.50 bits per heavy atom. The van der Waals surface area contributed by atoms with Crippen molar-refractivity contribution < 1.29 is 18.1 Å². The Kier molecular flexibility index (Phi) is 5.41. The molecule has 1 unspecified atom stereocenters. The van der Waals surface area contributed by atoms with Crippen LogP contribution in [0.5, 0.6) is 0 Å². The maximum Gasteiger partial charge on any atom is 0.326 e. The number of halogens is 2. The fourth-order valence-electron chi connectivity index (χ4n) is 4.07. The summed E-state index contributed by atoms with van der Waals surface area (Å²) in [5.74, 6) is -0.358. The van der Waals surface area contributed by atoms with Crippen molar-refractivity contribution in [2.45, 2.75) is 19.9 Å². The molecule has 3 aromatic carbocycles. The molecule has 0 radical (unpaired) electrons. The van der Waals surface area contributed by atoms with Gasteiger partial charge in [0.2, 0.25) is 5.82 Å². The summed E-state index contributed by atoms with van der Waals surface area (Å²) in [7, 11) is 0. The van der Waals surface area contributed by atoms with E-state index in [1.165, 1.54) is 29.2 Å². The molecule has 0 saturated heterocycles. The fraction of sp³-hybridized carbons (Fsp3) is 0.115. The molecule has 1 atom stereocenters. The molecule has 8 heteroatoms. The van der Waals surface area contributed by atoms with Crippen molar-refractivity contribution in [3.63, 3.8) is 0 Å².